The van der Waals surface area contributed by atoms with Crippen LogP contribution in [0.15, 0.2) is 60.7 Å². The molecule has 0 atom stereocenters. The molecule has 2 aromatic carbocycles. The molecule has 0 spiro atoms. The van der Waals surface area contributed by atoms with Crippen LogP contribution in [-0.2, 0) is 4.79 Å². The maximum Gasteiger partial charge on any atom is 0.250 e. The first-order chi connectivity index (χ1) is 10.7. The molecule has 2 N–H and O–H groups in total. The normalized spacial score (nSPS) is 10.2. The van der Waals surface area contributed by atoms with Crippen LogP contribution in [0.4, 0.5) is 5.69 Å². The lowest BCUT2D eigenvalue weighted by atomic mass is 10.2. The van der Waals surface area contributed by atoms with Crippen LogP contribution in [0, 0.1) is 0 Å². The van der Waals surface area contributed by atoms with Gasteiger partial charge in [-0.2, -0.15) is 0 Å². The molecule has 0 aliphatic heterocycles. The SMILES string of the molecule is COc1cccc(NC(=S)NC(=O)/C=C/c2ccccc2)c1. The molecule has 0 radical (unpaired) electrons. The van der Waals surface area contributed by atoms with Crippen LogP contribution < -0.4 is 15.4 Å². The Labute approximate surface area is 134 Å². The minimum absolute atomic E-state index is 0.232. The van der Waals surface area contributed by atoms with Gasteiger partial charge in [0.1, 0.15) is 5.75 Å². The molecular formula is C17H16N2O2S. The minimum Gasteiger partial charge on any atom is -0.497 e. The van der Waals surface area contributed by atoms with Gasteiger partial charge in [0.25, 0.3) is 0 Å². The van der Waals surface area contributed by atoms with E-state index in [2.05, 4.69) is 10.6 Å². The zero-order chi connectivity index (χ0) is 15.8. The molecular weight excluding hydrogens is 296 g/mol. The number of rotatable bonds is 4. The van der Waals surface area contributed by atoms with Gasteiger partial charge in [-0.15, -0.1) is 0 Å². The molecule has 4 nitrogen and oxygen atoms in total. The Hall–Kier alpha value is -2.66. The number of amides is 1. The smallest absolute Gasteiger partial charge is 0.250 e. The summed E-state index contributed by atoms with van der Waals surface area (Å²) < 4.78 is 5.12. The topological polar surface area (TPSA) is 50.4 Å². The first-order valence-corrected chi connectivity index (χ1v) is 7.07. The summed E-state index contributed by atoms with van der Waals surface area (Å²) in [5.74, 6) is 0.423. The lowest BCUT2D eigenvalue weighted by Crippen LogP contribution is -2.32. The van der Waals surface area contributed by atoms with Gasteiger partial charge in [-0.05, 0) is 36.0 Å². The van der Waals surface area contributed by atoms with Crippen molar-refractivity contribution in [1.29, 1.82) is 0 Å². The number of carbonyl (C=O) groups is 1. The maximum absolute atomic E-state index is 11.8. The van der Waals surface area contributed by atoms with Crippen LogP contribution in [0.1, 0.15) is 5.56 Å². The summed E-state index contributed by atoms with van der Waals surface area (Å²) in [5.41, 5.74) is 1.70. The summed E-state index contributed by atoms with van der Waals surface area (Å²) in [7, 11) is 1.59. The maximum atomic E-state index is 11.8. The van der Waals surface area contributed by atoms with Gasteiger partial charge in [0.2, 0.25) is 5.91 Å². The number of anilines is 1. The molecule has 0 heterocycles. The van der Waals surface area contributed by atoms with E-state index in [4.69, 9.17) is 17.0 Å². The fourth-order valence-corrected chi connectivity index (χ4v) is 1.97. The van der Waals surface area contributed by atoms with Crippen molar-refractivity contribution in [3.05, 3.63) is 66.2 Å². The molecule has 2 aromatic rings. The largest absolute Gasteiger partial charge is 0.497 e. The van der Waals surface area contributed by atoms with E-state index in [0.717, 1.165) is 11.3 Å². The lowest BCUT2D eigenvalue weighted by molar-refractivity contribution is -0.115. The van der Waals surface area contributed by atoms with E-state index in [1.54, 1.807) is 19.3 Å². The molecule has 5 heteroatoms. The number of benzene rings is 2. The highest BCUT2D eigenvalue weighted by atomic mass is 32.1. The van der Waals surface area contributed by atoms with Crippen LogP contribution in [-0.4, -0.2) is 18.1 Å². The second-order valence-corrected chi connectivity index (χ2v) is 4.83. The van der Waals surface area contributed by atoms with Gasteiger partial charge >= 0.3 is 0 Å². The first kappa shape index (κ1) is 15.7. The minimum atomic E-state index is -0.288. The highest BCUT2D eigenvalue weighted by Crippen LogP contribution is 2.16. The molecule has 0 bridgehead atoms. The van der Waals surface area contributed by atoms with Crippen molar-refractivity contribution >= 4 is 35.0 Å². The summed E-state index contributed by atoms with van der Waals surface area (Å²) >= 11 is 5.10. The average molecular weight is 312 g/mol. The fourth-order valence-electron chi connectivity index (χ4n) is 1.75. The summed E-state index contributed by atoms with van der Waals surface area (Å²) in [6.45, 7) is 0. The summed E-state index contributed by atoms with van der Waals surface area (Å²) in [5, 5.41) is 5.75. The van der Waals surface area contributed by atoms with Gasteiger partial charge in [-0.25, -0.2) is 0 Å². The molecule has 0 fully saturated rings. The van der Waals surface area contributed by atoms with E-state index < -0.39 is 0 Å². The number of thiocarbonyl (C=S) groups is 1. The molecule has 2 rings (SSSR count). The van der Waals surface area contributed by atoms with Crippen molar-refractivity contribution in [3.8, 4) is 5.75 Å². The Kier molecular flexibility index (Phi) is 5.68. The Balaban J connectivity index is 1.88. The van der Waals surface area contributed by atoms with Gasteiger partial charge in [0.05, 0.1) is 7.11 Å². The molecule has 0 unspecified atom stereocenters. The van der Waals surface area contributed by atoms with Crippen LogP contribution in [0.3, 0.4) is 0 Å². The van der Waals surface area contributed by atoms with Crippen molar-refractivity contribution in [2.75, 3.05) is 12.4 Å². The van der Waals surface area contributed by atoms with Crippen molar-refractivity contribution < 1.29 is 9.53 Å². The number of methoxy groups -OCH3 is 1. The van der Waals surface area contributed by atoms with Crippen LogP contribution >= 0.6 is 12.2 Å². The van der Waals surface area contributed by atoms with Crippen LogP contribution in [0.5, 0.6) is 5.75 Å². The van der Waals surface area contributed by atoms with Gasteiger partial charge in [-0.1, -0.05) is 36.4 Å². The van der Waals surface area contributed by atoms with Crippen LogP contribution in [0.25, 0.3) is 6.08 Å². The fraction of sp³-hybridized carbons (Fsp3) is 0.0588. The third-order valence-corrected chi connectivity index (χ3v) is 3.00. The van der Waals surface area contributed by atoms with Gasteiger partial charge < -0.3 is 10.1 Å². The monoisotopic (exact) mass is 312 g/mol. The van der Waals surface area contributed by atoms with Gasteiger partial charge in [0, 0.05) is 17.8 Å². The molecule has 112 valence electrons. The summed E-state index contributed by atoms with van der Waals surface area (Å²) in [4.78, 5) is 11.8. The van der Waals surface area contributed by atoms with E-state index in [0.29, 0.717) is 5.75 Å². The molecule has 0 aliphatic carbocycles. The lowest BCUT2D eigenvalue weighted by Gasteiger charge is -2.09. The zero-order valence-electron chi connectivity index (χ0n) is 12.1. The Morgan fingerprint density at radius 3 is 2.64 bits per heavy atom. The molecule has 0 saturated heterocycles. The molecule has 22 heavy (non-hydrogen) atoms. The standard InChI is InChI=1S/C17H16N2O2S/c1-21-15-9-5-8-14(12-15)18-17(22)19-16(20)11-10-13-6-3-2-4-7-13/h2-12H,1H3,(H2,18,19,20,22)/b11-10+. The Bertz CT molecular complexity index is 684. The molecule has 0 aromatic heterocycles. The second-order valence-electron chi connectivity index (χ2n) is 4.42. The van der Waals surface area contributed by atoms with E-state index in [-0.39, 0.29) is 11.0 Å². The number of carbonyl (C=O) groups excluding carboxylic acids is 1. The molecule has 1 amide bonds. The van der Waals surface area contributed by atoms with Gasteiger partial charge in [-0.3, -0.25) is 10.1 Å². The highest BCUT2D eigenvalue weighted by molar-refractivity contribution is 7.80. The predicted molar refractivity (Wildman–Crippen MR) is 92.8 cm³/mol. The third-order valence-electron chi connectivity index (χ3n) is 2.79. The zero-order valence-corrected chi connectivity index (χ0v) is 12.9. The van der Waals surface area contributed by atoms with Crippen molar-refractivity contribution in [1.82, 2.24) is 5.32 Å². The quantitative estimate of drug-likeness (QED) is 0.672. The van der Waals surface area contributed by atoms with Crippen molar-refractivity contribution in [2.24, 2.45) is 0 Å². The Morgan fingerprint density at radius 1 is 1.14 bits per heavy atom. The molecule has 0 aliphatic rings. The molecule has 0 saturated carbocycles. The first-order valence-electron chi connectivity index (χ1n) is 6.66. The van der Waals surface area contributed by atoms with E-state index >= 15 is 0 Å². The predicted octanol–water partition coefficient (Wildman–Crippen LogP) is 3.22. The number of hydrogen-bond donors (Lipinski definition) is 2. The Morgan fingerprint density at radius 2 is 1.91 bits per heavy atom. The van der Waals surface area contributed by atoms with E-state index in [9.17, 15) is 4.79 Å². The number of hydrogen-bond acceptors (Lipinski definition) is 3. The highest BCUT2D eigenvalue weighted by Gasteiger charge is 2.02. The summed E-state index contributed by atoms with van der Waals surface area (Å²) in [6.07, 6.45) is 3.17. The number of ether oxygens (including phenoxy) is 1. The third kappa shape index (κ3) is 5.03. The second kappa shape index (κ2) is 7.95. The van der Waals surface area contributed by atoms with E-state index in [1.807, 2.05) is 48.5 Å². The number of nitrogens with one attached hydrogen (secondary N) is 2. The average Bonchev–Trinajstić information content (AvgIpc) is 2.54. The van der Waals surface area contributed by atoms with Crippen LogP contribution in [0.2, 0.25) is 0 Å². The van der Waals surface area contributed by atoms with Crippen molar-refractivity contribution in [2.45, 2.75) is 0 Å². The van der Waals surface area contributed by atoms with E-state index in [1.165, 1.54) is 6.08 Å². The summed E-state index contributed by atoms with van der Waals surface area (Å²) in [6, 6.07) is 16.9. The van der Waals surface area contributed by atoms with Crippen molar-refractivity contribution in [3.63, 3.8) is 0 Å². The van der Waals surface area contributed by atoms with Gasteiger partial charge in [0.15, 0.2) is 5.11 Å².